The molecule has 1 aliphatic heterocycles. The molecule has 4 rings (SSSR count). The highest BCUT2D eigenvalue weighted by atomic mass is 16.5. The minimum absolute atomic E-state index is 0.183. The van der Waals surface area contributed by atoms with Crippen LogP contribution in [-0.2, 0) is 13.0 Å². The minimum atomic E-state index is -0.965. The predicted molar refractivity (Wildman–Crippen MR) is 106 cm³/mol. The van der Waals surface area contributed by atoms with Crippen LogP contribution in [0.1, 0.15) is 33.3 Å². The molecule has 0 aliphatic carbocycles. The molecule has 0 spiro atoms. The average Bonchev–Trinajstić information content (AvgIpc) is 2.75. The molecule has 6 heteroatoms. The first kappa shape index (κ1) is 19.0. The maximum absolute atomic E-state index is 11.2. The van der Waals surface area contributed by atoms with E-state index in [0.717, 1.165) is 11.3 Å². The SMILES string of the molecule is O=C(O)c1cccc(C[C@@H]2COc3ccc(OCc4ccccn4)cc3[C@@H]2O)c1. The molecule has 3 aromatic rings. The lowest BCUT2D eigenvalue weighted by Crippen LogP contribution is -2.27. The first-order valence-electron chi connectivity index (χ1n) is 9.40. The molecular weight excluding hydrogens is 370 g/mol. The third kappa shape index (κ3) is 4.38. The van der Waals surface area contributed by atoms with Crippen LogP contribution in [0.4, 0.5) is 0 Å². The quantitative estimate of drug-likeness (QED) is 0.667. The molecule has 148 valence electrons. The molecule has 0 saturated carbocycles. The summed E-state index contributed by atoms with van der Waals surface area (Å²) >= 11 is 0. The van der Waals surface area contributed by atoms with Crippen molar-refractivity contribution < 1.29 is 24.5 Å². The monoisotopic (exact) mass is 391 g/mol. The second-order valence-electron chi connectivity index (χ2n) is 7.03. The number of carboxylic acids is 1. The number of pyridine rings is 1. The zero-order valence-electron chi connectivity index (χ0n) is 15.7. The maximum atomic E-state index is 11.2. The van der Waals surface area contributed by atoms with Crippen molar-refractivity contribution in [2.24, 2.45) is 5.92 Å². The number of aliphatic hydroxyl groups is 1. The Balaban J connectivity index is 1.48. The van der Waals surface area contributed by atoms with Crippen molar-refractivity contribution in [1.29, 1.82) is 0 Å². The van der Waals surface area contributed by atoms with E-state index in [1.165, 1.54) is 0 Å². The highest BCUT2D eigenvalue weighted by molar-refractivity contribution is 5.87. The average molecular weight is 391 g/mol. The molecule has 29 heavy (non-hydrogen) atoms. The standard InChI is InChI=1S/C23H21NO5/c25-22-17(11-15-4-3-5-16(10-15)23(26)27)13-29-21-8-7-19(12-20(21)22)28-14-18-6-1-2-9-24-18/h1-10,12,17,22,25H,11,13-14H2,(H,26,27)/t17-,22-/m1/s1. The van der Waals surface area contributed by atoms with Gasteiger partial charge in [-0.2, -0.15) is 0 Å². The number of hydrogen-bond acceptors (Lipinski definition) is 5. The number of nitrogens with zero attached hydrogens (tertiary/aromatic N) is 1. The van der Waals surface area contributed by atoms with Gasteiger partial charge in [0.2, 0.25) is 0 Å². The lowest BCUT2D eigenvalue weighted by atomic mass is 9.88. The lowest BCUT2D eigenvalue weighted by molar-refractivity contribution is 0.0504. The molecule has 0 unspecified atom stereocenters. The van der Waals surface area contributed by atoms with Gasteiger partial charge in [-0.15, -0.1) is 0 Å². The molecule has 0 saturated heterocycles. The van der Waals surface area contributed by atoms with E-state index in [0.29, 0.717) is 36.7 Å². The summed E-state index contributed by atoms with van der Waals surface area (Å²) in [6.45, 7) is 0.696. The summed E-state index contributed by atoms with van der Waals surface area (Å²) in [5.41, 5.74) is 2.58. The zero-order valence-corrected chi connectivity index (χ0v) is 15.7. The van der Waals surface area contributed by atoms with Crippen LogP contribution in [0.2, 0.25) is 0 Å². The predicted octanol–water partition coefficient (Wildman–Crippen LogP) is 3.64. The van der Waals surface area contributed by atoms with Gasteiger partial charge in [-0.1, -0.05) is 18.2 Å². The number of aliphatic hydroxyl groups excluding tert-OH is 1. The van der Waals surface area contributed by atoms with Gasteiger partial charge in [0.25, 0.3) is 0 Å². The summed E-state index contributed by atoms with van der Waals surface area (Å²) in [5.74, 6) is 0.119. The molecule has 1 aromatic heterocycles. The Morgan fingerprint density at radius 1 is 1.14 bits per heavy atom. The number of rotatable bonds is 6. The fourth-order valence-electron chi connectivity index (χ4n) is 3.47. The van der Waals surface area contributed by atoms with Crippen LogP contribution in [0, 0.1) is 5.92 Å². The van der Waals surface area contributed by atoms with Crippen LogP contribution in [0.3, 0.4) is 0 Å². The van der Waals surface area contributed by atoms with E-state index in [-0.39, 0.29) is 11.5 Å². The van der Waals surface area contributed by atoms with E-state index >= 15 is 0 Å². The lowest BCUT2D eigenvalue weighted by Gasteiger charge is -2.30. The van der Waals surface area contributed by atoms with Crippen molar-refractivity contribution in [3.63, 3.8) is 0 Å². The van der Waals surface area contributed by atoms with Gasteiger partial charge in [-0.25, -0.2) is 4.79 Å². The first-order chi connectivity index (χ1) is 14.1. The molecule has 0 amide bonds. The normalized spacial score (nSPS) is 17.8. The number of ether oxygens (including phenoxy) is 2. The fourth-order valence-corrected chi connectivity index (χ4v) is 3.47. The van der Waals surface area contributed by atoms with E-state index in [1.54, 1.807) is 36.5 Å². The molecule has 2 heterocycles. The van der Waals surface area contributed by atoms with Crippen molar-refractivity contribution in [2.75, 3.05) is 6.61 Å². The summed E-state index contributed by atoms with van der Waals surface area (Å²) in [5, 5.41) is 20.1. The molecule has 1 aliphatic rings. The molecule has 6 nitrogen and oxygen atoms in total. The summed E-state index contributed by atoms with van der Waals surface area (Å²) in [7, 11) is 0. The van der Waals surface area contributed by atoms with Crippen molar-refractivity contribution in [3.05, 3.63) is 89.2 Å². The zero-order chi connectivity index (χ0) is 20.2. The Hall–Kier alpha value is -3.38. The van der Waals surface area contributed by atoms with E-state index in [2.05, 4.69) is 4.98 Å². The summed E-state index contributed by atoms with van der Waals surface area (Å²) in [4.78, 5) is 15.4. The number of carbonyl (C=O) groups is 1. The number of aromatic carboxylic acids is 1. The van der Waals surface area contributed by atoms with Crippen molar-refractivity contribution in [1.82, 2.24) is 4.98 Å². The third-order valence-electron chi connectivity index (χ3n) is 4.98. The van der Waals surface area contributed by atoms with Crippen molar-refractivity contribution in [3.8, 4) is 11.5 Å². The number of benzene rings is 2. The van der Waals surface area contributed by atoms with Gasteiger partial charge in [-0.05, 0) is 54.4 Å². The Bertz CT molecular complexity index is 1010. The first-order valence-corrected chi connectivity index (χ1v) is 9.40. The van der Waals surface area contributed by atoms with Crippen LogP contribution >= 0.6 is 0 Å². The van der Waals surface area contributed by atoms with Crippen LogP contribution in [0.15, 0.2) is 66.9 Å². The van der Waals surface area contributed by atoms with Crippen molar-refractivity contribution >= 4 is 5.97 Å². The molecule has 2 atom stereocenters. The van der Waals surface area contributed by atoms with Gasteiger partial charge in [0.15, 0.2) is 0 Å². The van der Waals surface area contributed by atoms with Crippen LogP contribution < -0.4 is 9.47 Å². The Kier molecular flexibility index (Phi) is 5.44. The third-order valence-corrected chi connectivity index (χ3v) is 4.98. The summed E-state index contributed by atoms with van der Waals surface area (Å²) in [6.07, 6.45) is 1.50. The van der Waals surface area contributed by atoms with Crippen molar-refractivity contribution in [2.45, 2.75) is 19.1 Å². The maximum Gasteiger partial charge on any atom is 0.335 e. The van der Waals surface area contributed by atoms with Crippen LogP contribution in [0.25, 0.3) is 0 Å². The molecule has 0 bridgehead atoms. The van der Waals surface area contributed by atoms with Crippen LogP contribution in [-0.4, -0.2) is 27.8 Å². The van der Waals surface area contributed by atoms with Gasteiger partial charge in [0, 0.05) is 17.7 Å². The minimum Gasteiger partial charge on any atom is -0.493 e. The van der Waals surface area contributed by atoms with E-state index in [4.69, 9.17) is 14.6 Å². The second-order valence-corrected chi connectivity index (χ2v) is 7.03. The molecular formula is C23H21NO5. The molecule has 2 aromatic carbocycles. The smallest absolute Gasteiger partial charge is 0.335 e. The molecule has 2 N–H and O–H groups in total. The molecule has 0 radical (unpaired) electrons. The van der Waals surface area contributed by atoms with Gasteiger partial charge in [-0.3, -0.25) is 4.98 Å². The Labute approximate surface area is 168 Å². The summed E-state index contributed by atoms with van der Waals surface area (Å²) in [6, 6.07) is 17.8. The summed E-state index contributed by atoms with van der Waals surface area (Å²) < 4.78 is 11.6. The van der Waals surface area contributed by atoms with Gasteiger partial charge in [0.1, 0.15) is 18.1 Å². The Morgan fingerprint density at radius 2 is 2.03 bits per heavy atom. The largest absolute Gasteiger partial charge is 0.493 e. The highest BCUT2D eigenvalue weighted by Gasteiger charge is 2.30. The van der Waals surface area contributed by atoms with E-state index < -0.39 is 12.1 Å². The van der Waals surface area contributed by atoms with Crippen LogP contribution in [0.5, 0.6) is 11.5 Å². The topological polar surface area (TPSA) is 88.9 Å². The highest BCUT2D eigenvalue weighted by Crippen LogP contribution is 2.39. The Morgan fingerprint density at radius 3 is 2.83 bits per heavy atom. The van der Waals surface area contributed by atoms with E-state index in [9.17, 15) is 9.90 Å². The number of fused-ring (bicyclic) bond motifs is 1. The number of hydrogen-bond donors (Lipinski definition) is 2. The second kappa shape index (κ2) is 8.32. The van der Waals surface area contributed by atoms with Gasteiger partial charge in [0.05, 0.1) is 24.0 Å². The van der Waals surface area contributed by atoms with Gasteiger partial charge < -0.3 is 19.7 Å². The van der Waals surface area contributed by atoms with Gasteiger partial charge >= 0.3 is 5.97 Å². The fraction of sp³-hybridized carbons (Fsp3) is 0.217. The number of aromatic nitrogens is 1. The number of carboxylic acid groups (broad SMARTS) is 1. The molecule has 0 fully saturated rings. The van der Waals surface area contributed by atoms with E-state index in [1.807, 2.05) is 30.3 Å².